The molecular weight excluding hydrogens is 352 g/mol. The van der Waals surface area contributed by atoms with Gasteiger partial charge < -0.3 is 0 Å². The lowest BCUT2D eigenvalue weighted by Gasteiger charge is -2.44. The van der Waals surface area contributed by atoms with E-state index in [2.05, 4.69) is 0 Å². The summed E-state index contributed by atoms with van der Waals surface area (Å²) >= 11 is 0. The number of halogens is 12. The average molecular weight is 352 g/mol. The molecule has 0 atom stereocenters. The molecule has 0 radical (unpaired) electrons. The van der Waals surface area contributed by atoms with Crippen molar-refractivity contribution in [1.82, 2.24) is 0 Å². The Kier molecular flexibility index (Phi) is 4.41. The minimum absolute atomic E-state index is 1.01. The summed E-state index contributed by atoms with van der Waals surface area (Å²) < 4.78 is 150. The Morgan fingerprint density at radius 2 is 0.545 bits per heavy atom. The lowest BCUT2D eigenvalue weighted by atomic mass is 9.62. The van der Waals surface area contributed by atoms with Crippen LogP contribution in [0.5, 0.6) is 0 Å². The van der Waals surface area contributed by atoms with E-state index in [4.69, 9.17) is 10.5 Å². The van der Waals surface area contributed by atoms with Gasteiger partial charge in [-0.1, -0.05) is 0 Å². The van der Waals surface area contributed by atoms with E-state index in [0.717, 1.165) is 0 Å². The largest absolute Gasteiger partial charge is 0.418 e. The molecule has 0 aliphatic rings. The highest BCUT2D eigenvalue weighted by atomic mass is 19.4. The molecular formula is C8F12N2. The SMILES string of the molecule is N#CC(C(F)(F)F)(C(F)(F)F)C(C#N)(C(F)(F)F)C(F)(F)F. The Morgan fingerprint density at radius 1 is 0.409 bits per heavy atom. The third-order valence-electron chi connectivity index (χ3n) is 2.60. The van der Waals surface area contributed by atoms with Crippen molar-refractivity contribution in [2.24, 2.45) is 10.8 Å². The van der Waals surface area contributed by atoms with Gasteiger partial charge in [0, 0.05) is 0 Å². The summed E-state index contributed by atoms with van der Waals surface area (Å²) in [4.78, 5) is 0. The number of hydrogen-bond acceptors (Lipinski definition) is 2. The van der Waals surface area contributed by atoms with Gasteiger partial charge in [0.15, 0.2) is 0 Å². The van der Waals surface area contributed by atoms with Crippen LogP contribution in [0, 0.1) is 33.5 Å². The Labute approximate surface area is 112 Å². The van der Waals surface area contributed by atoms with Crippen LogP contribution in [0.4, 0.5) is 52.7 Å². The molecule has 14 heteroatoms. The van der Waals surface area contributed by atoms with E-state index in [1.165, 1.54) is 0 Å². The first-order valence-electron chi connectivity index (χ1n) is 4.47. The van der Waals surface area contributed by atoms with Crippen molar-refractivity contribution in [2.45, 2.75) is 24.7 Å². The molecule has 0 aromatic heterocycles. The third kappa shape index (κ3) is 2.21. The van der Waals surface area contributed by atoms with Crippen LogP contribution in [0.1, 0.15) is 0 Å². The van der Waals surface area contributed by atoms with Crippen LogP contribution in [0.3, 0.4) is 0 Å². The predicted molar refractivity (Wildman–Crippen MR) is 40.3 cm³/mol. The van der Waals surface area contributed by atoms with Gasteiger partial charge in [-0.25, -0.2) is 0 Å². The maximum atomic E-state index is 12.5. The maximum Gasteiger partial charge on any atom is 0.418 e. The van der Waals surface area contributed by atoms with Crippen LogP contribution in [0.2, 0.25) is 0 Å². The van der Waals surface area contributed by atoms with Gasteiger partial charge in [-0.2, -0.15) is 63.2 Å². The van der Waals surface area contributed by atoms with Gasteiger partial charge in [0.2, 0.25) is 0 Å². The topological polar surface area (TPSA) is 47.6 Å². The summed E-state index contributed by atoms with van der Waals surface area (Å²) in [6.45, 7) is 0. The van der Waals surface area contributed by atoms with Crippen molar-refractivity contribution in [2.75, 3.05) is 0 Å². The predicted octanol–water partition coefficient (Wildman–Crippen LogP) is 4.26. The lowest BCUT2D eigenvalue weighted by molar-refractivity contribution is -0.436. The summed E-state index contributed by atoms with van der Waals surface area (Å²) in [5.41, 5.74) is -14.1. The van der Waals surface area contributed by atoms with E-state index in [9.17, 15) is 52.7 Å². The number of alkyl halides is 12. The van der Waals surface area contributed by atoms with Crippen molar-refractivity contribution in [3.8, 4) is 12.1 Å². The number of rotatable bonds is 1. The molecule has 0 aromatic rings. The molecule has 0 aliphatic heterocycles. The van der Waals surface area contributed by atoms with E-state index in [0.29, 0.717) is 0 Å². The number of hydrogen-bond donors (Lipinski definition) is 0. The molecule has 0 amide bonds. The Morgan fingerprint density at radius 3 is 0.591 bits per heavy atom. The molecule has 0 saturated heterocycles. The minimum Gasteiger partial charge on any atom is -0.197 e. The van der Waals surface area contributed by atoms with Crippen LogP contribution < -0.4 is 0 Å². The molecule has 0 unspecified atom stereocenters. The molecule has 0 aromatic carbocycles. The van der Waals surface area contributed by atoms with Gasteiger partial charge in [0.25, 0.3) is 10.8 Å². The van der Waals surface area contributed by atoms with Gasteiger partial charge >= 0.3 is 24.7 Å². The van der Waals surface area contributed by atoms with Crippen LogP contribution in [-0.2, 0) is 0 Å². The molecule has 126 valence electrons. The zero-order valence-corrected chi connectivity index (χ0v) is 9.43. The molecule has 0 bridgehead atoms. The second kappa shape index (κ2) is 4.82. The van der Waals surface area contributed by atoms with E-state index in [-0.39, 0.29) is 0 Å². The molecule has 0 saturated carbocycles. The second-order valence-corrected chi connectivity index (χ2v) is 3.71. The second-order valence-electron chi connectivity index (χ2n) is 3.71. The summed E-state index contributed by atoms with van der Waals surface area (Å²) in [6, 6.07) is -2.02. The number of nitriles is 2. The third-order valence-corrected chi connectivity index (χ3v) is 2.60. The minimum atomic E-state index is -7.40. The fourth-order valence-corrected chi connectivity index (χ4v) is 1.59. The van der Waals surface area contributed by atoms with Crippen molar-refractivity contribution in [1.29, 1.82) is 10.5 Å². The van der Waals surface area contributed by atoms with E-state index in [1.807, 2.05) is 0 Å². The number of nitrogens with zero attached hydrogens (tertiary/aromatic N) is 2. The normalized spacial score (nSPS) is 15.2. The summed E-state index contributed by atoms with van der Waals surface area (Å²) in [5.74, 6) is 0. The van der Waals surface area contributed by atoms with Crippen molar-refractivity contribution in [3.63, 3.8) is 0 Å². The first-order valence-corrected chi connectivity index (χ1v) is 4.47. The highest BCUT2D eigenvalue weighted by molar-refractivity contribution is 5.30. The molecule has 0 rings (SSSR count). The average Bonchev–Trinajstić information content (AvgIpc) is 2.17. The summed E-state index contributed by atoms with van der Waals surface area (Å²) in [6.07, 6.45) is -29.6. The van der Waals surface area contributed by atoms with Crippen LogP contribution in [0.15, 0.2) is 0 Å². The van der Waals surface area contributed by atoms with Crippen molar-refractivity contribution >= 4 is 0 Å². The monoisotopic (exact) mass is 352 g/mol. The van der Waals surface area contributed by atoms with Gasteiger partial charge in [-0.15, -0.1) is 0 Å². The first-order chi connectivity index (χ1) is 9.37. The van der Waals surface area contributed by atoms with E-state index < -0.39 is 47.7 Å². The van der Waals surface area contributed by atoms with E-state index in [1.54, 1.807) is 0 Å². The molecule has 0 N–H and O–H groups in total. The van der Waals surface area contributed by atoms with Crippen molar-refractivity contribution < 1.29 is 52.7 Å². The lowest BCUT2D eigenvalue weighted by Crippen LogP contribution is -2.69. The quantitative estimate of drug-likeness (QED) is 0.663. The fourth-order valence-electron chi connectivity index (χ4n) is 1.59. The standard InChI is InChI=1S/C8F12N2/c9-5(10,11)3(1-21,6(12,13)14)4(2-22,7(15,16)17)8(18,19)20. The zero-order chi connectivity index (χ0) is 18.4. The Hall–Kier alpha value is -1.86. The molecule has 0 heterocycles. The molecule has 2 nitrogen and oxygen atoms in total. The first kappa shape index (κ1) is 20.1. The van der Waals surface area contributed by atoms with Crippen molar-refractivity contribution in [3.05, 3.63) is 0 Å². The molecule has 0 fully saturated rings. The summed E-state index contributed by atoms with van der Waals surface area (Å²) in [5, 5.41) is 16.0. The molecule has 0 spiro atoms. The molecule has 0 aliphatic carbocycles. The zero-order valence-electron chi connectivity index (χ0n) is 9.43. The van der Waals surface area contributed by atoms with Gasteiger partial charge in [-0.3, -0.25) is 0 Å². The van der Waals surface area contributed by atoms with Crippen LogP contribution in [0.25, 0.3) is 0 Å². The highest BCUT2D eigenvalue weighted by Gasteiger charge is 2.95. The fraction of sp³-hybridized carbons (Fsp3) is 0.750. The molecule has 22 heavy (non-hydrogen) atoms. The summed E-state index contributed by atoms with van der Waals surface area (Å²) in [7, 11) is 0. The maximum absolute atomic E-state index is 12.5. The van der Waals surface area contributed by atoms with E-state index >= 15 is 0 Å². The Balaban J connectivity index is 7.38. The highest BCUT2D eigenvalue weighted by Crippen LogP contribution is 2.69. The smallest absolute Gasteiger partial charge is 0.197 e. The van der Waals surface area contributed by atoms with Crippen LogP contribution in [-0.4, -0.2) is 24.7 Å². The van der Waals surface area contributed by atoms with Crippen LogP contribution >= 0.6 is 0 Å². The van der Waals surface area contributed by atoms with Gasteiger partial charge in [0.1, 0.15) is 0 Å². The Bertz CT molecular complexity index is 428. The van der Waals surface area contributed by atoms with Gasteiger partial charge in [0.05, 0.1) is 12.1 Å². The van der Waals surface area contributed by atoms with Gasteiger partial charge in [-0.05, 0) is 0 Å².